The molecule has 2 rings (SSSR count). The number of rotatable bonds is 4. The van der Waals surface area contributed by atoms with Gasteiger partial charge in [-0.25, -0.2) is 4.39 Å². The Labute approximate surface area is 105 Å². The Morgan fingerprint density at radius 2 is 2.11 bits per heavy atom. The van der Waals surface area contributed by atoms with E-state index in [0.717, 1.165) is 11.5 Å². The summed E-state index contributed by atoms with van der Waals surface area (Å²) in [6.45, 7) is 2.86. The zero-order chi connectivity index (χ0) is 13.0. The molecule has 3 nitrogen and oxygen atoms in total. The molecule has 0 unspecified atom stereocenters. The number of nitrogens with zero attached hydrogens (tertiary/aromatic N) is 1. The third-order valence-electron chi connectivity index (χ3n) is 2.60. The van der Waals surface area contributed by atoms with Crippen molar-refractivity contribution in [2.24, 2.45) is 0 Å². The van der Waals surface area contributed by atoms with E-state index >= 15 is 0 Å². The van der Waals surface area contributed by atoms with E-state index < -0.39 is 0 Å². The van der Waals surface area contributed by atoms with Crippen molar-refractivity contribution >= 4 is 0 Å². The molecule has 0 saturated heterocycles. The van der Waals surface area contributed by atoms with Crippen LogP contribution in [0.5, 0.6) is 0 Å². The minimum absolute atomic E-state index is 0.334. The number of hydrogen-bond donors (Lipinski definition) is 1. The van der Waals surface area contributed by atoms with Crippen molar-refractivity contribution in [1.29, 1.82) is 5.26 Å². The number of nitrogens with one attached hydrogen (secondary N) is 1. The maximum atomic E-state index is 13.1. The standard InChI is InChI=1S/C14H13FN2O/c1-10-2-5-14(18-10)9-17-8-12-6-13(15)4-3-11(12)7-16/h2-6,17H,8-9H2,1H3. The lowest BCUT2D eigenvalue weighted by Gasteiger charge is -2.05. The Balaban J connectivity index is 1.98. The molecule has 1 aromatic heterocycles. The van der Waals surface area contributed by atoms with Gasteiger partial charge in [-0.15, -0.1) is 0 Å². The fourth-order valence-corrected chi connectivity index (χ4v) is 1.72. The highest BCUT2D eigenvalue weighted by Crippen LogP contribution is 2.11. The maximum absolute atomic E-state index is 13.1. The van der Waals surface area contributed by atoms with E-state index in [1.807, 2.05) is 25.1 Å². The third-order valence-corrected chi connectivity index (χ3v) is 2.60. The van der Waals surface area contributed by atoms with Crippen LogP contribution in [-0.2, 0) is 13.1 Å². The first-order chi connectivity index (χ1) is 8.69. The first kappa shape index (κ1) is 12.3. The second-order valence-electron chi connectivity index (χ2n) is 4.03. The molecule has 0 aliphatic rings. The maximum Gasteiger partial charge on any atom is 0.123 e. The molecule has 0 amide bonds. The molecular weight excluding hydrogens is 231 g/mol. The summed E-state index contributed by atoms with van der Waals surface area (Å²) in [6, 6.07) is 9.98. The van der Waals surface area contributed by atoms with Crippen LogP contribution in [0, 0.1) is 24.1 Å². The molecule has 0 aliphatic carbocycles. The summed E-state index contributed by atoms with van der Waals surface area (Å²) in [6.07, 6.45) is 0. The van der Waals surface area contributed by atoms with Crippen LogP contribution in [0.15, 0.2) is 34.7 Å². The monoisotopic (exact) mass is 244 g/mol. The summed E-state index contributed by atoms with van der Waals surface area (Å²) in [7, 11) is 0. The number of halogens is 1. The highest BCUT2D eigenvalue weighted by Gasteiger charge is 2.04. The van der Waals surface area contributed by atoms with E-state index in [1.54, 1.807) is 0 Å². The van der Waals surface area contributed by atoms with Gasteiger partial charge in [-0.05, 0) is 42.8 Å². The molecule has 0 fully saturated rings. The Hall–Kier alpha value is -2.12. The topological polar surface area (TPSA) is 49.0 Å². The predicted octanol–water partition coefficient (Wildman–Crippen LogP) is 2.89. The number of furan rings is 1. The quantitative estimate of drug-likeness (QED) is 0.899. The van der Waals surface area contributed by atoms with E-state index in [4.69, 9.17) is 9.68 Å². The summed E-state index contributed by atoms with van der Waals surface area (Å²) < 4.78 is 18.5. The Morgan fingerprint density at radius 1 is 1.28 bits per heavy atom. The normalized spacial score (nSPS) is 10.3. The van der Waals surface area contributed by atoms with E-state index in [0.29, 0.717) is 24.2 Å². The van der Waals surface area contributed by atoms with Crippen LogP contribution in [0.4, 0.5) is 4.39 Å². The van der Waals surface area contributed by atoms with Crippen molar-refractivity contribution in [1.82, 2.24) is 5.32 Å². The fraction of sp³-hybridized carbons (Fsp3) is 0.214. The minimum atomic E-state index is -0.334. The lowest BCUT2D eigenvalue weighted by molar-refractivity contribution is 0.461. The lowest BCUT2D eigenvalue weighted by Crippen LogP contribution is -2.13. The molecule has 4 heteroatoms. The summed E-state index contributed by atoms with van der Waals surface area (Å²) in [5.41, 5.74) is 1.14. The van der Waals surface area contributed by atoms with Crippen molar-refractivity contribution in [3.63, 3.8) is 0 Å². The zero-order valence-electron chi connectivity index (χ0n) is 10.0. The van der Waals surface area contributed by atoms with Crippen LogP contribution in [0.25, 0.3) is 0 Å². The van der Waals surface area contributed by atoms with Crippen LogP contribution in [0.2, 0.25) is 0 Å². The molecule has 1 heterocycles. The van der Waals surface area contributed by atoms with Gasteiger partial charge in [-0.3, -0.25) is 0 Å². The fourth-order valence-electron chi connectivity index (χ4n) is 1.72. The van der Waals surface area contributed by atoms with E-state index in [1.165, 1.54) is 18.2 Å². The molecule has 92 valence electrons. The molecule has 0 bridgehead atoms. The van der Waals surface area contributed by atoms with Gasteiger partial charge in [0.25, 0.3) is 0 Å². The highest BCUT2D eigenvalue weighted by molar-refractivity contribution is 5.37. The van der Waals surface area contributed by atoms with Crippen LogP contribution < -0.4 is 5.32 Å². The van der Waals surface area contributed by atoms with Crippen molar-refractivity contribution < 1.29 is 8.81 Å². The number of benzene rings is 1. The lowest BCUT2D eigenvalue weighted by atomic mass is 10.1. The van der Waals surface area contributed by atoms with Crippen LogP contribution >= 0.6 is 0 Å². The van der Waals surface area contributed by atoms with Gasteiger partial charge in [0.1, 0.15) is 17.3 Å². The summed E-state index contributed by atoms with van der Waals surface area (Å²) in [4.78, 5) is 0. The van der Waals surface area contributed by atoms with Crippen molar-refractivity contribution in [3.8, 4) is 6.07 Å². The average Bonchev–Trinajstić information content (AvgIpc) is 2.75. The Kier molecular flexibility index (Phi) is 3.75. The smallest absolute Gasteiger partial charge is 0.123 e. The van der Waals surface area contributed by atoms with Crippen LogP contribution in [0.1, 0.15) is 22.6 Å². The Morgan fingerprint density at radius 3 is 2.78 bits per heavy atom. The van der Waals surface area contributed by atoms with Crippen LogP contribution in [-0.4, -0.2) is 0 Å². The van der Waals surface area contributed by atoms with Gasteiger partial charge >= 0.3 is 0 Å². The van der Waals surface area contributed by atoms with Gasteiger partial charge in [0.05, 0.1) is 18.2 Å². The average molecular weight is 244 g/mol. The second kappa shape index (κ2) is 5.48. The van der Waals surface area contributed by atoms with Crippen molar-refractivity contribution in [3.05, 3.63) is 58.8 Å². The number of hydrogen-bond acceptors (Lipinski definition) is 3. The second-order valence-corrected chi connectivity index (χ2v) is 4.03. The molecule has 0 saturated carbocycles. The van der Waals surface area contributed by atoms with Gasteiger partial charge in [0.15, 0.2) is 0 Å². The molecule has 0 aliphatic heterocycles. The molecule has 0 radical (unpaired) electrons. The summed E-state index contributed by atoms with van der Waals surface area (Å²) in [5, 5.41) is 12.0. The molecule has 1 N–H and O–H groups in total. The minimum Gasteiger partial charge on any atom is -0.465 e. The highest BCUT2D eigenvalue weighted by atomic mass is 19.1. The van der Waals surface area contributed by atoms with Gasteiger partial charge in [-0.1, -0.05) is 0 Å². The predicted molar refractivity (Wildman–Crippen MR) is 65.1 cm³/mol. The molecule has 0 atom stereocenters. The molecule has 0 spiro atoms. The SMILES string of the molecule is Cc1ccc(CNCc2cc(F)ccc2C#N)o1. The first-order valence-electron chi connectivity index (χ1n) is 5.63. The summed E-state index contributed by atoms with van der Waals surface area (Å²) >= 11 is 0. The first-order valence-corrected chi connectivity index (χ1v) is 5.63. The molecule has 18 heavy (non-hydrogen) atoms. The van der Waals surface area contributed by atoms with Crippen molar-refractivity contribution in [2.75, 3.05) is 0 Å². The molecule has 2 aromatic rings. The largest absolute Gasteiger partial charge is 0.465 e. The van der Waals surface area contributed by atoms with Gasteiger partial charge < -0.3 is 9.73 Å². The zero-order valence-corrected chi connectivity index (χ0v) is 10.0. The summed E-state index contributed by atoms with van der Waals surface area (Å²) in [5.74, 6) is 1.34. The number of aryl methyl sites for hydroxylation is 1. The molecular formula is C14H13FN2O. The Bertz CT molecular complexity index is 584. The van der Waals surface area contributed by atoms with E-state index in [2.05, 4.69) is 5.32 Å². The van der Waals surface area contributed by atoms with Crippen molar-refractivity contribution in [2.45, 2.75) is 20.0 Å². The van der Waals surface area contributed by atoms with E-state index in [9.17, 15) is 4.39 Å². The third kappa shape index (κ3) is 2.96. The van der Waals surface area contributed by atoms with Gasteiger partial charge in [-0.2, -0.15) is 5.26 Å². The number of nitriles is 1. The van der Waals surface area contributed by atoms with Gasteiger partial charge in [0, 0.05) is 6.54 Å². The van der Waals surface area contributed by atoms with E-state index in [-0.39, 0.29) is 5.82 Å². The van der Waals surface area contributed by atoms with Gasteiger partial charge in [0.2, 0.25) is 0 Å². The molecule has 1 aromatic carbocycles. The van der Waals surface area contributed by atoms with Crippen LogP contribution in [0.3, 0.4) is 0 Å².